The fourth-order valence-electron chi connectivity index (χ4n) is 1.71. The molecule has 0 aliphatic rings. The number of hydrogen-bond donors (Lipinski definition) is 0. The number of benzene rings is 1. The molecule has 0 aromatic heterocycles. The first-order valence-corrected chi connectivity index (χ1v) is 6.18. The number of amides is 1. The second kappa shape index (κ2) is 7.43. The average Bonchev–Trinajstić information content (AvgIpc) is 2.38. The van der Waals surface area contributed by atoms with Crippen molar-refractivity contribution in [1.82, 2.24) is 4.90 Å². The molecule has 0 spiro atoms. The van der Waals surface area contributed by atoms with Gasteiger partial charge in [-0.2, -0.15) is 14.0 Å². The normalized spacial score (nSPS) is 10.4. The van der Waals surface area contributed by atoms with Gasteiger partial charge in [0.2, 0.25) is 0 Å². The molecule has 0 bridgehead atoms. The maximum atomic E-state index is 12.3. The number of halogens is 2. The number of nitriles is 1. The van der Waals surface area contributed by atoms with Gasteiger partial charge in [-0.15, -0.1) is 0 Å². The molecule has 0 unspecified atom stereocenters. The van der Waals surface area contributed by atoms with Crippen LogP contribution in [0.2, 0.25) is 0 Å². The number of rotatable bonds is 6. The zero-order valence-electron chi connectivity index (χ0n) is 11.3. The topological polar surface area (TPSA) is 53.3 Å². The van der Waals surface area contributed by atoms with Crippen LogP contribution >= 0.6 is 0 Å². The van der Waals surface area contributed by atoms with Crippen molar-refractivity contribution in [1.29, 1.82) is 5.26 Å². The van der Waals surface area contributed by atoms with Crippen molar-refractivity contribution >= 4 is 5.91 Å². The fourth-order valence-corrected chi connectivity index (χ4v) is 1.71. The second-order valence-corrected chi connectivity index (χ2v) is 4.40. The molecule has 0 fully saturated rings. The van der Waals surface area contributed by atoms with Crippen LogP contribution in [0.4, 0.5) is 8.78 Å². The van der Waals surface area contributed by atoms with Crippen LogP contribution in [0.25, 0.3) is 0 Å². The van der Waals surface area contributed by atoms with Crippen LogP contribution < -0.4 is 4.74 Å². The maximum absolute atomic E-state index is 12.3. The van der Waals surface area contributed by atoms with Gasteiger partial charge in [0.15, 0.2) is 0 Å². The quantitative estimate of drug-likeness (QED) is 0.805. The number of carbonyl (C=O) groups excluding carboxylic acids is 1. The first-order chi connectivity index (χ1) is 9.45. The van der Waals surface area contributed by atoms with E-state index in [1.807, 2.05) is 19.9 Å². The summed E-state index contributed by atoms with van der Waals surface area (Å²) in [6.45, 7) is 1.15. The number of alkyl halides is 2. The molecule has 1 rings (SSSR count). The van der Waals surface area contributed by atoms with Gasteiger partial charge in [-0.3, -0.25) is 4.79 Å². The molecular weight excluding hydrogens is 266 g/mol. The standard InChI is InChI=1S/C14H16F2N2O2/c1-10(2)18(9-3-8-17)13(19)11-4-6-12(7-5-11)20-14(15)16/h4-7,10,14H,3,9H2,1-2H3. The molecular formula is C14H16F2N2O2. The molecule has 0 atom stereocenters. The van der Waals surface area contributed by atoms with Gasteiger partial charge >= 0.3 is 6.61 Å². The van der Waals surface area contributed by atoms with Crippen molar-refractivity contribution in [2.75, 3.05) is 6.54 Å². The Bertz CT molecular complexity index is 481. The van der Waals surface area contributed by atoms with Gasteiger partial charge in [-0.05, 0) is 38.1 Å². The summed E-state index contributed by atoms with van der Waals surface area (Å²) in [4.78, 5) is 13.8. The lowest BCUT2D eigenvalue weighted by atomic mass is 10.1. The molecule has 1 amide bonds. The first kappa shape index (κ1) is 15.9. The summed E-state index contributed by atoms with van der Waals surface area (Å²) >= 11 is 0. The zero-order chi connectivity index (χ0) is 15.1. The molecule has 1 aromatic carbocycles. The largest absolute Gasteiger partial charge is 0.435 e. The fraction of sp³-hybridized carbons (Fsp3) is 0.429. The van der Waals surface area contributed by atoms with Gasteiger partial charge < -0.3 is 9.64 Å². The van der Waals surface area contributed by atoms with Gasteiger partial charge in [0.1, 0.15) is 5.75 Å². The summed E-state index contributed by atoms with van der Waals surface area (Å²) < 4.78 is 28.3. The average molecular weight is 282 g/mol. The minimum Gasteiger partial charge on any atom is -0.435 e. The second-order valence-electron chi connectivity index (χ2n) is 4.40. The lowest BCUT2D eigenvalue weighted by molar-refractivity contribution is -0.0498. The summed E-state index contributed by atoms with van der Waals surface area (Å²) in [5.41, 5.74) is 0.373. The van der Waals surface area contributed by atoms with Crippen LogP contribution in [0.1, 0.15) is 30.6 Å². The molecule has 6 heteroatoms. The Morgan fingerprint density at radius 3 is 2.40 bits per heavy atom. The highest BCUT2D eigenvalue weighted by molar-refractivity contribution is 5.94. The summed E-state index contributed by atoms with van der Waals surface area (Å²) in [7, 11) is 0. The molecule has 0 aliphatic heterocycles. The number of ether oxygens (including phenoxy) is 1. The highest BCUT2D eigenvalue weighted by Gasteiger charge is 2.18. The Morgan fingerprint density at radius 1 is 1.35 bits per heavy atom. The maximum Gasteiger partial charge on any atom is 0.387 e. The van der Waals surface area contributed by atoms with Gasteiger partial charge in [-0.25, -0.2) is 0 Å². The minimum absolute atomic E-state index is 0.00433. The molecule has 0 saturated carbocycles. The lowest BCUT2D eigenvalue weighted by Crippen LogP contribution is -2.37. The van der Waals surface area contributed by atoms with Crippen molar-refractivity contribution < 1.29 is 18.3 Å². The first-order valence-electron chi connectivity index (χ1n) is 6.18. The van der Waals surface area contributed by atoms with Crippen LogP contribution in [0.15, 0.2) is 24.3 Å². The van der Waals surface area contributed by atoms with Crippen LogP contribution in [-0.4, -0.2) is 30.0 Å². The summed E-state index contributed by atoms with van der Waals surface area (Å²) in [5, 5.41) is 8.59. The molecule has 0 radical (unpaired) electrons. The molecule has 20 heavy (non-hydrogen) atoms. The van der Waals surface area contributed by atoms with Crippen LogP contribution in [0, 0.1) is 11.3 Å². The van der Waals surface area contributed by atoms with Gasteiger partial charge in [0.05, 0.1) is 12.5 Å². The highest BCUT2D eigenvalue weighted by Crippen LogP contribution is 2.17. The Kier molecular flexibility index (Phi) is 5.91. The van der Waals surface area contributed by atoms with E-state index in [9.17, 15) is 13.6 Å². The van der Waals surface area contributed by atoms with E-state index < -0.39 is 6.61 Å². The molecule has 4 nitrogen and oxygen atoms in total. The summed E-state index contributed by atoms with van der Waals surface area (Å²) in [6, 6.07) is 7.45. The van der Waals surface area contributed by atoms with E-state index in [0.29, 0.717) is 12.1 Å². The van der Waals surface area contributed by atoms with E-state index in [2.05, 4.69) is 4.74 Å². The number of hydrogen-bond acceptors (Lipinski definition) is 3. The van der Waals surface area contributed by atoms with Crippen molar-refractivity contribution in [3.8, 4) is 11.8 Å². The predicted molar refractivity (Wildman–Crippen MR) is 69.5 cm³/mol. The van der Waals surface area contributed by atoms with E-state index >= 15 is 0 Å². The zero-order valence-corrected chi connectivity index (χ0v) is 11.3. The van der Waals surface area contributed by atoms with Crippen LogP contribution in [-0.2, 0) is 0 Å². The lowest BCUT2D eigenvalue weighted by Gasteiger charge is -2.26. The van der Waals surface area contributed by atoms with E-state index in [0.717, 1.165) is 0 Å². The van der Waals surface area contributed by atoms with Crippen molar-refractivity contribution in [2.45, 2.75) is 32.9 Å². The molecule has 0 N–H and O–H groups in total. The molecule has 1 aromatic rings. The minimum atomic E-state index is -2.89. The number of carbonyl (C=O) groups is 1. The third-order valence-corrected chi connectivity index (χ3v) is 2.68. The SMILES string of the molecule is CC(C)N(CCC#N)C(=O)c1ccc(OC(F)F)cc1. The molecule has 0 heterocycles. The van der Waals surface area contributed by atoms with E-state index in [1.165, 1.54) is 24.3 Å². The van der Waals surface area contributed by atoms with Crippen molar-refractivity contribution in [3.63, 3.8) is 0 Å². The van der Waals surface area contributed by atoms with Crippen LogP contribution in [0.3, 0.4) is 0 Å². The molecule has 108 valence electrons. The van der Waals surface area contributed by atoms with Gasteiger partial charge in [0.25, 0.3) is 5.91 Å². The Labute approximate surface area is 116 Å². The summed E-state index contributed by atoms with van der Waals surface area (Å²) in [5.74, 6) is -0.233. The van der Waals surface area contributed by atoms with Gasteiger partial charge in [-0.1, -0.05) is 0 Å². The predicted octanol–water partition coefficient (Wildman–Crippen LogP) is 3.05. The van der Waals surface area contributed by atoms with Gasteiger partial charge in [0, 0.05) is 18.2 Å². The Hall–Kier alpha value is -2.16. The van der Waals surface area contributed by atoms with E-state index in [1.54, 1.807) is 4.90 Å². The Morgan fingerprint density at radius 2 is 1.95 bits per heavy atom. The molecule has 0 aliphatic carbocycles. The summed E-state index contributed by atoms with van der Waals surface area (Å²) in [6.07, 6.45) is 0.247. The smallest absolute Gasteiger partial charge is 0.387 e. The Balaban J connectivity index is 2.81. The van der Waals surface area contributed by atoms with Crippen LogP contribution in [0.5, 0.6) is 5.75 Å². The highest BCUT2D eigenvalue weighted by atomic mass is 19.3. The third-order valence-electron chi connectivity index (χ3n) is 2.68. The van der Waals surface area contributed by atoms with Crippen molar-refractivity contribution in [2.24, 2.45) is 0 Å². The van der Waals surface area contributed by atoms with Crippen molar-refractivity contribution in [3.05, 3.63) is 29.8 Å². The monoisotopic (exact) mass is 282 g/mol. The third kappa shape index (κ3) is 4.50. The molecule has 0 saturated heterocycles. The number of nitrogens with zero attached hydrogens (tertiary/aromatic N) is 2. The van der Waals surface area contributed by atoms with E-state index in [4.69, 9.17) is 5.26 Å². The van der Waals surface area contributed by atoms with E-state index in [-0.39, 0.29) is 24.1 Å².